The summed E-state index contributed by atoms with van der Waals surface area (Å²) >= 11 is 0. The minimum Gasteiger partial charge on any atom is -0.497 e. The second-order valence-corrected chi connectivity index (χ2v) is 8.87. The molecule has 1 atom stereocenters. The highest BCUT2D eigenvalue weighted by Crippen LogP contribution is 2.27. The van der Waals surface area contributed by atoms with Gasteiger partial charge >= 0.3 is 11.8 Å². The van der Waals surface area contributed by atoms with Gasteiger partial charge in [-0.25, -0.2) is 8.42 Å². The van der Waals surface area contributed by atoms with Gasteiger partial charge in [0.05, 0.1) is 19.1 Å². The smallest absolute Gasteiger partial charge is 0.313 e. The Hall–Kier alpha value is -3.11. The summed E-state index contributed by atoms with van der Waals surface area (Å²) in [4.78, 5) is 24.5. The molecule has 166 valence electrons. The molecular weight excluding hydrogens is 422 g/mol. The van der Waals surface area contributed by atoms with Crippen LogP contribution in [0.25, 0.3) is 0 Å². The average Bonchev–Trinajstić information content (AvgIpc) is 3.27. The third-order valence-corrected chi connectivity index (χ3v) is 6.99. The molecule has 1 heterocycles. The van der Waals surface area contributed by atoms with Crippen LogP contribution < -0.4 is 20.1 Å². The molecule has 1 fully saturated rings. The monoisotopic (exact) mass is 447 g/mol. The summed E-state index contributed by atoms with van der Waals surface area (Å²) in [7, 11) is -0.717. The lowest BCUT2D eigenvalue weighted by Crippen LogP contribution is -2.45. The quantitative estimate of drug-likeness (QED) is 0.624. The fourth-order valence-electron chi connectivity index (χ4n) is 3.39. The number of amides is 2. The van der Waals surface area contributed by atoms with E-state index in [0.717, 1.165) is 0 Å². The van der Waals surface area contributed by atoms with Crippen LogP contribution in [-0.2, 0) is 19.6 Å². The van der Waals surface area contributed by atoms with Crippen molar-refractivity contribution < 1.29 is 27.5 Å². The summed E-state index contributed by atoms with van der Waals surface area (Å²) in [5, 5.41) is 5.03. The zero-order valence-electron chi connectivity index (χ0n) is 17.3. The van der Waals surface area contributed by atoms with Gasteiger partial charge in [-0.15, -0.1) is 0 Å². The molecule has 2 aromatic rings. The standard InChI is InChI=1S/C21H25N3O6S/c1-29-17-8-10-19(11-9-17)31(27,28)24-12-4-6-16(24)14-22-20(25)21(26)23-15-5-3-7-18(13-15)30-2/h3,5,7-11,13,16H,4,6,12,14H2,1-2H3,(H,22,25)(H,23,26)/t16-/m0/s1. The number of ether oxygens (including phenoxy) is 2. The number of nitrogens with zero attached hydrogens (tertiary/aromatic N) is 1. The van der Waals surface area contributed by atoms with E-state index in [2.05, 4.69) is 10.6 Å². The number of sulfonamides is 1. The zero-order valence-corrected chi connectivity index (χ0v) is 18.1. The fourth-order valence-corrected chi connectivity index (χ4v) is 5.08. The first kappa shape index (κ1) is 22.6. The molecule has 0 saturated carbocycles. The average molecular weight is 448 g/mol. The van der Waals surface area contributed by atoms with Crippen LogP contribution in [0.3, 0.4) is 0 Å². The van der Waals surface area contributed by atoms with E-state index in [1.165, 1.54) is 30.7 Å². The van der Waals surface area contributed by atoms with Crippen molar-refractivity contribution in [3.05, 3.63) is 48.5 Å². The van der Waals surface area contributed by atoms with Crippen LogP contribution in [0.15, 0.2) is 53.4 Å². The van der Waals surface area contributed by atoms with Crippen LogP contribution in [0.2, 0.25) is 0 Å². The Morgan fingerprint density at radius 3 is 2.42 bits per heavy atom. The van der Waals surface area contributed by atoms with Crippen molar-refractivity contribution in [2.24, 2.45) is 0 Å². The van der Waals surface area contributed by atoms with Crippen molar-refractivity contribution in [2.75, 3.05) is 32.6 Å². The van der Waals surface area contributed by atoms with Crippen molar-refractivity contribution in [1.29, 1.82) is 0 Å². The van der Waals surface area contributed by atoms with E-state index >= 15 is 0 Å². The van der Waals surface area contributed by atoms with E-state index in [4.69, 9.17) is 9.47 Å². The molecule has 0 radical (unpaired) electrons. The molecule has 1 saturated heterocycles. The van der Waals surface area contributed by atoms with Crippen molar-refractivity contribution in [3.8, 4) is 11.5 Å². The Morgan fingerprint density at radius 2 is 1.74 bits per heavy atom. The maximum absolute atomic E-state index is 13.0. The summed E-state index contributed by atoms with van der Waals surface area (Å²) in [6, 6.07) is 12.3. The third-order valence-electron chi connectivity index (χ3n) is 5.02. The van der Waals surface area contributed by atoms with Gasteiger partial charge in [0.1, 0.15) is 11.5 Å². The number of methoxy groups -OCH3 is 2. The SMILES string of the molecule is COc1ccc(S(=O)(=O)N2CCC[C@H]2CNC(=O)C(=O)Nc2cccc(OC)c2)cc1. The van der Waals surface area contributed by atoms with Gasteiger partial charge in [0.2, 0.25) is 10.0 Å². The Bertz CT molecular complexity index is 1040. The fraction of sp³-hybridized carbons (Fsp3) is 0.333. The van der Waals surface area contributed by atoms with Gasteiger partial charge < -0.3 is 20.1 Å². The molecule has 2 amide bonds. The maximum atomic E-state index is 13.0. The summed E-state index contributed by atoms with van der Waals surface area (Å²) < 4.78 is 37.5. The number of carbonyl (C=O) groups is 2. The molecule has 0 aromatic heterocycles. The van der Waals surface area contributed by atoms with Crippen LogP contribution in [0.1, 0.15) is 12.8 Å². The van der Waals surface area contributed by atoms with Crippen LogP contribution in [0.5, 0.6) is 11.5 Å². The number of hydrogen-bond donors (Lipinski definition) is 2. The summed E-state index contributed by atoms with van der Waals surface area (Å²) in [6.07, 6.45) is 1.26. The van der Waals surface area contributed by atoms with Crippen molar-refractivity contribution in [2.45, 2.75) is 23.8 Å². The van der Waals surface area contributed by atoms with Crippen LogP contribution in [0.4, 0.5) is 5.69 Å². The number of nitrogens with one attached hydrogen (secondary N) is 2. The Balaban J connectivity index is 1.60. The van der Waals surface area contributed by atoms with Gasteiger partial charge in [0.15, 0.2) is 0 Å². The molecule has 1 aliphatic rings. The molecule has 31 heavy (non-hydrogen) atoms. The molecule has 3 rings (SSSR count). The lowest BCUT2D eigenvalue weighted by atomic mass is 10.2. The minimum absolute atomic E-state index is 0.0414. The first-order valence-electron chi connectivity index (χ1n) is 9.74. The molecule has 10 heteroatoms. The molecule has 0 aliphatic carbocycles. The topological polar surface area (TPSA) is 114 Å². The summed E-state index contributed by atoms with van der Waals surface area (Å²) in [5.41, 5.74) is 0.420. The Labute approximate surface area is 181 Å². The lowest BCUT2D eigenvalue weighted by molar-refractivity contribution is -0.136. The number of anilines is 1. The highest BCUT2D eigenvalue weighted by molar-refractivity contribution is 7.89. The second kappa shape index (κ2) is 9.80. The van der Waals surface area contributed by atoms with E-state index in [9.17, 15) is 18.0 Å². The molecule has 2 N–H and O–H groups in total. The van der Waals surface area contributed by atoms with Crippen molar-refractivity contribution in [1.82, 2.24) is 9.62 Å². The molecule has 1 aliphatic heterocycles. The summed E-state index contributed by atoms with van der Waals surface area (Å²) in [5.74, 6) is -0.567. The van der Waals surface area contributed by atoms with Crippen LogP contribution >= 0.6 is 0 Å². The number of carbonyl (C=O) groups excluding carboxylic acids is 2. The lowest BCUT2D eigenvalue weighted by Gasteiger charge is -2.24. The Kier molecular flexibility index (Phi) is 7.13. The van der Waals surface area contributed by atoms with Gasteiger partial charge in [-0.05, 0) is 49.2 Å². The largest absolute Gasteiger partial charge is 0.497 e. The summed E-state index contributed by atoms with van der Waals surface area (Å²) in [6.45, 7) is 0.394. The minimum atomic E-state index is -3.73. The normalized spacial score (nSPS) is 16.5. The maximum Gasteiger partial charge on any atom is 0.313 e. The van der Waals surface area contributed by atoms with Gasteiger partial charge in [-0.2, -0.15) is 4.31 Å². The highest BCUT2D eigenvalue weighted by Gasteiger charge is 2.35. The third kappa shape index (κ3) is 5.33. The predicted octanol–water partition coefficient (Wildman–Crippen LogP) is 1.61. The van der Waals surface area contributed by atoms with Crippen LogP contribution in [0, 0.1) is 0 Å². The van der Waals surface area contributed by atoms with E-state index in [1.54, 1.807) is 36.4 Å². The number of rotatable bonds is 7. The molecule has 0 unspecified atom stereocenters. The number of benzene rings is 2. The second-order valence-electron chi connectivity index (χ2n) is 6.98. The molecule has 9 nitrogen and oxygen atoms in total. The van der Waals surface area contributed by atoms with Gasteiger partial charge in [-0.3, -0.25) is 9.59 Å². The number of hydrogen-bond acceptors (Lipinski definition) is 6. The van der Waals surface area contributed by atoms with E-state index in [-0.39, 0.29) is 11.4 Å². The van der Waals surface area contributed by atoms with Crippen molar-refractivity contribution in [3.63, 3.8) is 0 Å². The van der Waals surface area contributed by atoms with Gasteiger partial charge in [0, 0.05) is 30.9 Å². The molecule has 0 bridgehead atoms. The van der Waals surface area contributed by atoms with Crippen LogP contribution in [-0.4, -0.2) is 57.9 Å². The van der Waals surface area contributed by atoms with Gasteiger partial charge in [-0.1, -0.05) is 6.07 Å². The Morgan fingerprint density at radius 1 is 1.03 bits per heavy atom. The first-order chi connectivity index (χ1) is 14.8. The van der Waals surface area contributed by atoms with E-state index in [1.807, 2.05) is 0 Å². The first-order valence-corrected chi connectivity index (χ1v) is 11.2. The predicted molar refractivity (Wildman–Crippen MR) is 115 cm³/mol. The molecular formula is C21H25N3O6S. The van der Waals surface area contributed by atoms with Gasteiger partial charge in [0.25, 0.3) is 0 Å². The van der Waals surface area contributed by atoms with Crippen molar-refractivity contribution >= 4 is 27.5 Å². The van der Waals surface area contributed by atoms with E-state index in [0.29, 0.717) is 36.6 Å². The zero-order chi connectivity index (χ0) is 22.4. The van der Waals surface area contributed by atoms with E-state index < -0.39 is 27.9 Å². The molecule has 2 aromatic carbocycles. The molecule has 0 spiro atoms. The highest BCUT2D eigenvalue weighted by atomic mass is 32.2.